The van der Waals surface area contributed by atoms with Crippen LogP contribution in [-0.4, -0.2) is 7.11 Å². The maximum absolute atomic E-state index is 5.49. The standard InChI is InChI=1S/C12H10Br3NO2/c1-17-9-3-7(13)2-8(4-9)16-6-10-5-11(14)12(15)18-10/h2-5,16H,6H2,1H3. The molecule has 0 saturated heterocycles. The summed E-state index contributed by atoms with van der Waals surface area (Å²) in [6, 6.07) is 7.74. The molecule has 6 heteroatoms. The number of furan rings is 1. The van der Waals surface area contributed by atoms with Gasteiger partial charge in [-0.2, -0.15) is 0 Å². The highest BCUT2D eigenvalue weighted by Crippen LogP contribution is 2.28. The number of ether oxygens (including phenoxy) is 1. The third-order valence-electron chi connectivity index (χ3n) is 2.27. The topological polar surface area (TPSA) is 34.4 Å². The minimum absolute atomic E-state index is 0.601. The molecule has 0 atom stereocenters. The van der Waals surface area contributed by atoms with Crippen LogP contribution < -0.4 is 10.1 Å². The molecule has 0 spiro atoms. The minimum Gasteiger partial charge on any atom is -0.497 e. The number of hydrogen-bond acceptors (Lipinski definition) is 3. The number of methoxy groups -OCH3 is 1. The zero-order valence-electron chi connectivity index (χ0n) is 9.47. The Morgan fingerprint density at radius 2 is 1.94 bits per heavy atom. The van der Waals surface area contributed by atoms with Gasteiger partial charge in [0, 0.05) is 16.2 Å². The van der Waals surface area contributed by atoms with Gasteiger partial charge in [0.25, 0.3) is 0 Å². The fourth-order valence-electron chi connectivity index (χ4n) is 1.45. The summed E-state index contributed by atoms with van der Waals surface area (Å²) in [6.07, 6.45) is 0. The summed E-state index contributed by atoms with van der Waals surface area (Å²) >= 11 is 10.1. The van der Waals surface area contributed by atoms with Gasteiger partial charge in [-0.1, -0.05) is 15.9 Å². The van der Waals surface area contributed by atoms with E-state index in [4.69, 9.17) is 9.15 Å². The Bertz CT molecular complexity index is 535. The molecular weight excluding hydrogens is 430 g/mol. The highest BCUT2D eigenvalue weighted by molar-refractivity contribution is 9.13. The van der Waals surface area contributed by atoms with Gasteiger partial charge in [0.15, 0.2) is 4.67 Å². The van der Waals surface area contributed by atoms with Crippen LogP contribution in [0.15, 0.2) is 42.3 Å². The molecule has 1 heterocycles. The van der Waals surface area contributed by atoms with Crippen molar-refractivity contribution in [2.24, 2.45) is 0 Å². The molecule has 0 saturated carbocycles. The number of hydrogen-bond donors (Lipinski definition) is 1. The average molecular weight is 440 g/mol. The van der Waals surface area contributed by atoms with Crippen LogP contribution in [0.25, 0.3) is 0 Å². The fraction of sp³-hybridized carbons (Fsp3) is 0.167. The molecule has 96 valence electrons. The molecule has 18 heavy (non-hydrogen) atoms. The molecule has 1 aromatic carbocycles. The monoisotopic (exact) mass is 437 g/mol. The van der Waals surface area contributed by atoms with Crippen molar-refractivity contribution in [1.82, 2.24) is 0 Å². The summed E-state index contributed by atoms with van der Waals surface area (Å²) in [4.78, 5) is 0. The first-order valence-corrected chi connectivity index (χ1v) is 7.48. The smallest absolute Gasteiger partial charge is 0.183 e. The molecular formula is C12H10Br3NO2. The van der Waals surface area contributed by atoms with Gasteiger partial charge in [-0.25, -0.2) is 0 Å². The van der Waals surface area contributed by atoms with Crippen LogP contribution in [0, 0.1) is 0 Å². The van der Waals surface area contributed by atoms with Crippen LogP contribution in [0.1, 0.15) is 5.76 Å². The van der Waals surface area contributed by atoms with Crippen molar-refractivity contribution in [2.45, 2.75) is 6.54 Å². The molecule has 1 N–H and O–H groups in total. The molecule has 0 aliphatic carbocycles. The van der Waals surface area contributed by atoms with Crippen molar-refractivity contribution in [3.8, 4) is 5.75 Å². The molecule has 0 aliphatic rings. The summed E-state index contributed by atoms with van der Waals surface area (Å²) in [5, 5.41) is 3.27. The molecule has 0 fully saturated rings. The summed E-state index contributed by atoms with van der Waals surface area (Å²) in [7, 11) is 1.65. The van der Waals surface area contributed by atoms with Crippen LogP contribution >= 0.6 is 47.8 Å². The van der Waals surface area contributed by atoms with Gasteiger partial charge in [0.1, 0.15) is 11.5 Å². The molecule has 0 unspecified atom stereocenters. The fourth-order valence-corrected chi connectivity index (χ4v) is 2.58. The van der Waals surface area contributed by atoms with Gasteiger partial charge >= 0.3 is 0 Å². The van der Waals surface area contributed by atoms with E-state index in [0.717, 1.165) is 26.1 Å². The predicted octanol–water partition coefficient (Wildman–Crippen LogP) is 5.19. The Balaban J connectivity index is 2.07. The first-order valence-electron chi connectivity index (χ1n) is 5.10. The van der Waals surface area contributed by atoms with Crippen LogP contribution in [0.4, 0.5) is 5.69 Å². The first-order chi connectivity index (χ1) is 8.58. The lowest BCUT2D eigenvalue weighted by molar-refractivity contribution is 0.414. The number of anilines is 1. The van der Waals surface area contributed by atoms with Crippen molar-refractivity contribution in [3.63, 3.8) is 0 Å². The van der Waals surface area contributed by atoms with Gasteiger partial charge in [-0.15, -0.1) is 0 Å². The van der Waals surface area contributed by atoms with Crippen LogP contribution in [0.3, 0.4) is 0 Å². The summed E-state index contributed by atoms with van der Waals surface area (Å²) in [5.74, 6) is 1.64. The van der Waals surface area contributed by atoms with Crippen LogP contribution in [-0.2, 0) is 6.54 Å². The highest BCUT2D eigenvalue weighted by atomic mass is 79.9. The molecule has 2 rings (SSSR count). The zero-order valence-corrected chi connectivity index (χ0v) is 14.2. The average Bonchev–Trinajstić information content (AvgIpc) is 2.65. The lowest BCUT2D eigenvalue weighted by Crippen LogP contribution is -1.98. The largest absolute Gasteiger partial charge is 0.497 e. The quantitative estimate of drug-likeness (QED) is 0.712. The predicted molar refractivity (Wildman–Crippen MR) is 82.1 cm³/mol. The summed E-state index contributed by atoms with van der Waals surface area (Å²) < 4.78 is 13.3. The second-order valence-electron chi connectivity index (χ2n) is 3.57. The maximum Gasteiger partial charge on any atom is 0.183 e. The summed E-state index contributed by atoms with van der Waals surface area (Å²) in [6.45, 7) is 0.601. The third-order valence-corrected chi connectivity index (χ3v) is 4.44. The molecule has 0 aliphatic heterocycles. The van der Waals surface area contributed by atoms with Gasteiger partial charge in [-0.05, 0) is 50.1 Å². The Morgan fingerprint density at radius 1 is 1.17 bits per heavy atom. The van der Waals surface area contributed by atoms with E-state index in [0.29, 0.717) is 11.2 Å². The number of benzene rings is 1. The highest BCUT2D eigenvalue weighted by Gasteiger charge is 2.06. The van der Waals surface area contributed by atoms with E-state index in [9.17, 15) is 0 Å². The normalized spacial score (nSPS) is 10.4. The number of nitrogens with one attached hydrogen (secondary N) is 1. The molecule has 0 radical (unpaired) electrons. The van der Waals surface area contributed by atoms with Crippen molar-refractivity contribution in [1.29, 1.82) is 0 Å². The molecule has 3 nitrogen and oxygen atoms in total. The van der Waals surface area contributed by atoms with E-state index in [1.54, 1.807) is 7.11 Å². The van der Waals surface area contributed by atoms with Gasteiger partial charge in [0.2, 0.25) is 0 Å². The van der Waals surface area contributed by atoms with Crippen LogP contribution in [0.5, 0.6) is 5.75 Å². The van der Waals surface area contributed by atoms with E-state index in [1.165, 1.54) is 0 Å². The first kappa shape index (κ1) is 14.0. The van der Waals surface area contributed by atoms with Crippen LogP contribution in [0.2, 0.25) is 0 Å². The Morgan fingerprint density at radius 3 is 2.56 bits per heavy atom. The van der Waals surface area contributed by atoms with Crippen molar-refractivity contribution < 1.29 is 9.15 Å². The summed E-state index contributed by atoms with van der Waals surface area (Å²) in [5.41, 5.74) is 0.963. The second-order valence-corrected chi connectivity index (χ2v) is 6.06. The van der Waals surface area contributed by atoms with E-state index in [1.807, 2.05) is 24.3 Å². The van der Waals surface area contributed by atoms with Gasteiger partial charge < -0.3 is 14.5 Å². The Labute approximate surface area is 130 Å². The van der Waals surface area contributed by atoms with E-state index >= 15 is 0 Å². The minimum atomic E-state index is 0.601. The zero-order chi connectivity index (χ0) is 13.1. The van der Waals surface area contributed by atoms with Crippen molar-refractivity contribution >= 4 is 53.5 Å². The van der Waals surface area contributed by atoms with Crippen molar-refractivity contribution in [3.05, 3.63) is 43.6 Å². The lowest BCUT2D eigenvalue weighted by atomic mass is 10.3. The molecule has 1 aromatic heterocycles. The third kappa shape index (κ3) is 3.52. The lowest BCUT2D eigenvalue weighted by Gasteiger charge is -2.07. The van der Waals surface area contributed by atoms with E-state index < -0.39 is 0 Å². The molecule has 2 aromatic rings. The van der Waals surface area contributed by atoms with E-state index in [2.05, 4.69) is 53.1 Å². The number of halogens is 3. The van der Waals surface area contributed by atoms with Gasteiger partial charge in [-0.3, -0.25) is 0 Å². The van der Waals surface area contributed by atoms with E-state index in [-0.39, 0.29) is 0 Å². The Hall–Kier alpha value is -0.460. The SMILES string of the molecule is COc1cc(Br)cc(NCc2cc(Br)c(Br)o2)c1. The number of rotatable bonds is 4. The molecule has 0 amide bonds. The molecule has 0 bridgehead atoms. The Kier molecular flexibility index (Phi) is 4.75. The van der Waals surface area contributed by atoms with Crippen molar-refractivity contribution in [2.75, 3.05) is 12.4 Å². The van der Waals surface area contributed by atoms with Gasteiger partial charge in [0.05, 0.1) is 18.1 Å². The maximum atomic E-state index is 5.49. The second kappa shape index (κ2) is 6.12.